The van der Waals surface area contributed by atoms with E-state index in [1.165, 1.54) is 0 Å². The van der Waals surface area contributed by atoms with Gasteiger partial charge in [0, 0.05) is 12.5 Å². The molecule has 0 saturated carbocycles. The number of ether oxygens (including phenoxy) is 2. The highest BCUT2D eigenvalue weighted by atomic mass is 16.6. The van der Waals surface area contributed by atoms with Gasteiger partial charge in [-0.2, -0.15) is 0 Å². The molecule has 0 bridgehead atoms. The van der Waals surface area contributed by atoms with Crippen molar-refractivity contribution < 1.29 is 19.1 Å². The van der Waals surface area contributed by atoms with E-state index in [4.69, 9.17) is 4.74 Å². The Balaban J connectivity index is 3.31. The van der Waals surface area contributed by atoms with Gasteiger partial charge in [-0.05, 0) is 6.42 Å². The van der Waals surface area contributed by atoms with Crippen LogP contribution in [0.4, 0.5) is 0 Å². The maximum Gasteiger partial charge on any atom is 0.330 e. The predicted octanol–water partition coefficient (Wildman–Crippen LogP) is 1.45. The van der Waals surface area contributed by atoms with Crippen molar-refractivity contribution in [3.8, 4) is 0 Å². The molecule has 0 rings (SSSR count). The summed E-state index contributed by atoms with van der Waals surface area (Å²) >= 11 is 0. The van der Waals surface area contributed by atoms with Crippen molar-refractivity contribution in [2.24, 2.45) is 0 Å². The second-order valence-corrected chi connectivity index (χ2v) is 2.70. The molecule has 0 aromatic rings. The van der Waals surface area contributed by atoms with Gasteiger partial charge in [-0.3, -0.25) is 4.79 Å². The van der Waals surface area contributed by atoms with Gasteiger partial charge in [0.05, 0.1) is 0 Å². The molecule has 4 nitrogen and oxygen atoms in total. The molecule has 4 heteroatoms. The van der Waals surface area contributed by atoms with E-state index >= 15 is 0 Å². The molecule has 80 valence electrons. The second-order valence-electron chi connectivity index (χ2n) is 2.70. The van der Waals surface area contributed by atoms with Gasteiger partial charge in [-0.1, -0.05) is 19.9 Å². The van der Waals surface area contributed by atoms with Gasteiger partial charge in [0.15, 0.2) is 0 Å². The van der Waals surface area contributed by atoms with E-state index in [9.17, 15) is 9.59 Å². The summed E-state index contributed by atoms with van der Waals surface area (Å²) in [6.45, 7) is 5.43. The Bertz CT molecular complexity index is 198. The lowest BCUT2D eigenvalue weighted by atomic mass is 10.2. The van der Waals surface area contributed by atoms with E-state index in [0.717, 1.165) is 18.9 Å². The normalized spacial score (nSPS) is 9.21. The molecule has 14 heavy (non-hydrogen) atoms. The molecule has 0 aliphatic rings. The summed E-state index contributed by atoms with van der Waals surface area (Å²) in [7, 11) is 0. The molecule has 0 radical (unpaired) electrons. The molecule has 0 heterocycles. The number of hydrogen-bond acceptors (Lipinski definition) is 4. The molecule has 0 aliphatic heterocycles. The molecule has 0 N–H and O–H groups in total. The zero-order chi connectivity index (χ0) is 10.8. The Hall–Kier alpha value is -1.32. The maximum atomic E-state index is 10.9. The van der Waals surface area contributed by atoms with Gasteiger partial charge >= 0.3 is 11.9 Å². The molecule has 0 aliphatic carbocycles. The van der Waals surface area contributed by atoms with E-state index in [0.29, 0.717) is 6.42 Å². The molecule has 0 atom stereocenters. The van der Waals surface area contributed by atoms with Crippen molar-refractivity contribution >= 4 is 11.9 Å². The fourth-order valence-corrected chi connectivity index (χ4v) is 0.750. The average Bonchev–Trinajstić information content (AvgIpc) is 2.21. The largest absolute Gasteiger partial charge is 0.462 e. The first-order valence-electron chi connectivity index (χ1n) is 4.65. The molecular formula is C10H16O4. The van der Waals surface area contributed by atoms with Crippen molar-refractivity contribution in [3.63, 3.8) is 0 Å². The van der Waals surface area contributed by atoms with Crippen LogP contribution in [-0.4, -0.2) is 25.2 Å². The second kappa shape index (κ2) is 8.29. The Morgan fingerprint density at radius 3 is 2.50 bits per heavy atom. The van der Waals surface area contributed by atoms with Crippen LogP contribution in [0.3, 0.4) is 0 Å². The van der Waals surface area contributed by atoms with E-state index in [-0.39, 0.29) is 19.2 Å². The minimum absolute atomic E-state index is 0.0860. The maximum absolute atomic E-state index is 10.9. The van der Waals surface area contributed by atoms with Crippen molar-refractivity contribution in [2.75, 3.05) is 13.2 Å². The van der Waals surface area contributed by atoms with Gasteiger partial charge in [-0.25, -0.2) is 4.79 Å². The first kappa shape index (κ1) is 12.7. The Morgan fingerprint density at radius 1 is 1.29 bits per heavy atom. The Morgan fingerprint density at radius 2 is 1.93 bits per heavy atom. The van der Waals surface area contributed by atoms with Gasteiger partial charge in [0.25, 0.3) is 0 Å². The smallest absolute Gasteiger partial charge is 0.330 e. The fourth-order valence-electron chi connectivity index (χ4n) is 0.750. The lowest BCUT2D eigenvalue weighted by Gasteiger charge is -2.04. The number of hydrogen-bond donors (Lipinski definition) is 0. The van der Waals surface area contributed by atoms with Gasteiger partial charge in [0.2, 0.25) is 0 Å². The van der Waals surface area contributed by atoms with Gasteiger partial charge in [-0.15, -0.1) is 0 Å². The van der Waals surface area contributed by atoms with Crippen LogP contribution in [0.2, 0.25) is 0 Å². The number of esters is 2. The number of rotatable bonds is 7. The van der Waals surface area contributed by atoms with Gasteiger partial charge in [0.1, 0.15) is 13.2 Å². The summed E-state index contributed by atoms with van der Waals surface area (Å²) in [4.78, 5) is 21.5. The van der Waals surface area contributed by atoms with Crippen LogP contribution in [0.5, 0.6) is 0 Å². The van der Waals surface area contributed by atoms with Crippen molar-refractivity contribution in [2.45, 2.75) is 26.2 Å². The third-order valence-corrected chi connectivity index (χ3v) is 1.49. The van der Waals surface area contributed by atoms with Crippen LogP contribution >= 0.6 is 0 Å². The van der Waals surface area contributed by atoms with E-state index in [2.05, 4.69) is 11.3 Å². The molecule has 0 spiro atoms. The average molecular weight is 200 g/mol. The number of carbonyl (C=O) groups is 2. The fraction of sp³-hybridized carbons (Fsp3) is 0.600. The third kappa shape index (κ3) is 7.34. The number of unbranched alkanes of at least 4 members (excludes halogenated alkanes) is 1. The monoisotopic (exact) mass is 200 g/mol. The summed E-state index contributed by atoms with van der Waals surface area (Å²) in [5.74, 6) is -0.754. The Kier molecular flexibility index (Phi) is 7.50. The zero-order valence-electron chi connectivity index (χ0n) is 8.45. The standard InChI is InChI=1S/C10H16O4/c1-3-5-6-10(12)14-8-7-13-9(11)4-2/h4H,2-3,5-8H2,1H3. The van der Waals surface area contributed by atoms with E-state index in [1.54, 1.807) is 0 Å². The van der Waals surface area contributed by atoms with Crippen LogP contribution < -0.4 is 0 Å². The highest BCUT2D eigenvalue weighted by Gasteiger charge is 2.01. The molecule has 0 aromatic carbocycles. The van der Waals surface area contributed by atoms with Crippen molar-refractivity contribution in [1.82, 2.24) is 0 Å². The van der Waals surface area contributed by atoms with Crippen LogP contribution in [0.1, 0.15) is 26.2 Å². The molecule has 0 amide bonds. The zero-order valence-corrected chi connectivity index (χ0v) is 8.45. The SMILES string of the molecule is C=CC(=O)OCCOC(=O)CCCC. The summed E-state index contributed by atoms with van der Waals surface area (Å²) in [6.07, 6.45) is 3.27. The molecule has 0 fully saturated rings. The molecule has 0 aromatic heterocycles. The molecule has 0 saturated heterocycles. The van der Waals surface area contributed by atoms with Crippen LogP contribution in [0, 0.1) is 0 Å². The molecule has 0 unspecified atom stereocenters. The minimum Gasteiger partial charge on any atom is -0.462 e. The summed E-state index contributed by atoms with van der Waals surface area (Å²) in [6, 6.07) is 0. The summed E-state index contributed by atoms with van der Waals surface area (Å²) < 4.78 is 9.40. The summed E-state index contributed by atoms with van der Waals surface area (Å²) in [5.41, 5.74) is 0. The van der Waals surface area contributed by atoms with E-state index in [1.807, 2.05) is 6.92 Å². The number of carbonyl (C=O) groups excluding carboxylic acids is 2. The Labute approximate surface area is 83.9 Å². The topological polar surface area (TPSA) is 52.6 Å². The van der Waals surface area contributed by atoms with E-state index < -0.39 is 5.97 Å². The van der Waals surface area contributed by atoms with Crippen LogP contribution in [0.25, 0.3) is 0 Å². The lowest BCUT2D eigenvalue weighted by Crippen LogP contribution is -2.12. The van der Waals surface area contributed by atoms with Gasteiger partial charge < -0.3 is 9.47 Å². The highest BCUT2D eigenvalue weighted by molar-refractivity contribution is 5.81. The third-order valence-electron chi connectivity index (χ3n) is 1.49. The minimum atomic E-state index is -0.505. The molecular weight excluding hydrogens is 184 g/mol. The van der Waals surface area contributed by atoms with Crippen molar-refractivity contribution in [1.29, 1.82) is 0 Å². The lowest BCUT2D eigenvalue weighted by molar-refractivity contribution is -0.149. The first-order chi connectivity index (χ1) is 6.70. The van der Waals surface area contributed by atoms with Crippen LogP contribution in [0.15, 0.2) is 12.7 Å². The van der Waals surface area contributed by atoms with Crippen molar-refractivity contribution in [3.05, 3.63) is 12.7 Å². The predicted molar refractivity (Wildman–Crippen MR) is 51.6 cm³/mol. The highest BCUT2D eigenvalue weighted by Crippen LogP contribution is 1.96. The first-order valence-corrected chi connectivity index (χ1v) is 4.65. The summed E-state index contributed by atoms with van der Waals surface area (Å²) in [5, 5.41) is 0. The quantitative estimate of drug-likeness (QED) is 0.354. The van der Waals surface area contributed by atoms with Crippen LogP contribution in [-0.2, 0) is 19.1 Å².